The van der Waals surface area contributed by atoms with Crippen molar-refractivity contribution < 1.29 is 9.84 Å². The van der Waals surface area contributed by atoms with Crippen molar-refractivity contribution in [2.75, 3.05) is 0 Å². The van der Waals surface area contributed by atoms with E-state index in [1.165, 1.54) is 6.20 Å². The van der Waals surface area contributed by atoms with Gasteiger partial charge in [-0.2, -0.15) is 5.26 Å². The minimum atomic E-state index is -0.423. The second-order valence-corrected chi connectivity index (χ2v) is 6.39. The van der Waals surface area contributed by atoms with Crippen LogP contribution in [0, 0.1) is 11.3 Å². The number of hydrogen-bond acceptors (Lipinski definition) is 5. The van der Waals surface area contributed by atoms with Crippen LogP contribution in [0.1, 0.15) is 43.5 Å². The summed E-state index contributed by atoms with van der Waals surface area (Å²) < 4.78 is 6.93. The standard InChI is InChI=1S/C20H20N4O3/c1-4-17-19(25)24(20(26)23-17)14-6-8-18(22-11-14)27-15-7-5-13(10-21)16(9-15)12(2)3/h5-9,11-12,25H,4H2,1-3H3,(H,23,26). The van der Waals surface area contributed by atoms with Gasteiger partial charge in [-0.05, 0) is 42.2 Å². The summed E-state index contributed by atoms with van der Waals surface area (Å²) in [6, 6.07) is 10.7. The fraction of sp³-hybridized carbons (Fsp3) is 0.250. The number of nitrogens with zero attached hydrogens (tertiary/aromatic N) is 3. The minimum Gasteiger partial charge on any atom is -0.493 e. The highest BCUT2D eigenvalue weighted by Crippen LogP contribution is 2.27. The molecule has 2 heterocycles. The number of imidazole rings is 1. The molecule has 3 aromatic rings. The number of aryl methyl sites for hydroxylation is 1. The first-order valence-corrected chi connectivity index (χ1v) is 8.65. The van der Waals surface area contributed by atoms with Crippen molar-refractivity contribution in [2.45, 2.75) is 33.1 Å². The minimum absolute atomic E-state index is 0.119. The lowest BCUT2D eigenvalue weighted by Gasteiger charge is -2.11. The Morgan fingerprint density at radius 3 is 2.67 bits per heavy atom. The SMILES string of the molecule is CCc1[nH]c(=O)n(-c2ccc(Oc3ccc(C#N)c(C(C)C)c3)nc2)c1O. The Kier molecular flexibility index (Phi) is 4.99. The van der Waals surface area contributed by atoms with Crippen LogP contribution < -0.4 is 10.4 Å². The third kappa shape index (κ3) is 3.55. The number of H-pyrrole nitrogens is 1. The number of benzene rings is 1. The molecule has 1 aromatic carbocycles. The molecule has 0 fully saturated rings. The number of nitriles is 1. The fourth-order valence-electron chi connectivity index (χ4n) is 2.83. The number of aromatic amines is 1. The van der Waals surface area contributed by atoms with Crippen LogP contribution in [0.4, 0.5) is 0 Å². The van der Waals surface area contributed by atoms with Gasteiger partial charge in [-0.25, -0.2) is 14.3 Å². The van der Waals surface area contributed by atoms with E-state index >= 15 is 0 Å². The van der Waals surface area contributed by atoms with Gasteiger partial charge in [0.2, 0.25) is 11.8 Å². The van der Waals surface area contributed by atoms with Gasteiger partial charge in [-0.1, -0.05) is 20.8 Å². The van der Waals surface area contributed by atoms with E-state index in [1.54, 1.807) is 24.3 Å². The molecule has 0 atom stereocenters. The summed E-state index contributed by atoms with van der Waals surface area (Å²) in [5.74, 6) is 0.992. The van der Waals surface area contributed by atoms with Crippen LogP contribution in [0.2, 0.25) is 0 Å². The van der Waals surface area contributed by atoms with Crippen molar-refractivity contribution in [2.24, 2.45) is 0 Å². The van der Waals surface area contributed by atoms with Gasteiger partial charge in [0.15, 0.2) is 0 Å². The van der Waals surface area contributed by atoms with Gasteiger partial charge in [-0.3, -0.25) is 0 Å². The molecular formula is C20H20N4O3. The van der Waals surface area contributed by atoms with E-state index in [2.05, 4.69) is 16.0 Å². The summed E-state index contributed by atoms with van der Waals surface area (Å²) in [5.41, 5.74) is 2.01. The number of aromatic hydroxyl groups is 1. The van der Waals surface area contributed by atoms with Gasteiger partial charge in [0.05, 0.1) is 29.2 Å². The van der Waals surface area contributed by atoms with E-state index in [0.717, 1.165) is 10.1 Å². The molecule has 27 heavy (non-hydrogen) atoms. The van der Waals surface area contributed by atoms with Gasteiger partial charge >= 0.3 is 5.69 Å². The van der Waals surface area contributed by atoms with Crippen LogP contribution in [-0.4, -0.2) is 19.6 Å². The zero-order valence-corrected chi connectivity index (χ0v) is 15.4. The second kappa shape index (κ2) is 7.38. The summed E-state index contributed by atoms with van der Waals surface area (Å²) in [7, 11) is 0. The average Bonchev–Trinajstić information content (AvgIpc) is 2.96. The third-order valence-electron chi connectivity index (χ3n) is 4.26. The maximum absolute atomic E-state index is 12.0. The molecule has 0 radical (unpaired) electrons. The third-order valence-corrected chi connectivity index (χ3v) is 4.26. The Bertz CT molecular complexity index is 1060. The molecule has 138 valence electrons. The molecule has 2 aromatic heterocycles. The van der Waals surface area contributed by atoms with Crippen molar-refractivity contribution in [3.05, 3.63) is 63.8 Å². The van der Waals surface area contributed by atoms with Gasteiger partial charge in [-0.15, -0.1) is 0 Å². The highest BCUT2D eigenvalue weighted by atomic mass is 16.5. The number of aromatic nitrogens is 3. The highest BCUT2D eigenvalue weighted by molar-refractivity contribution is 5.45. The summed E-state index contributed by atoms with van der Waals surface area (Å²) in [6.07, 6.45) is 1.97. The largest absolute Gasteiger partial charge is 0.493 e. The summed E-state index contributed by atoms with van der Waals surface area (Å²) in [6.45, 7) is 5.87. The number of ether oxygens (including phenoxy) is 1. The van der Waals surface area contributed by atoms with E-state index in [9.17, 15) is 15.2 Å². The molecule has 0 bridgehead atoms. The van der Waals surface area contributed by atoms with Crippen LogP contribution in [-0.2, 0) is 6.42 Å². The lowest BCUT2D eigenvalue weighted by Crippen LogP contribution is -2.14. The maximum Gasteiger partial charge on any atom is 0.333 e. The van der Waals surface area contributed by atoms with Crippen LogP contribution in [0.5, 0.6) is 17.5 Å². The molecule has 0 unspecified atom stereocenters. The Balaban J connectivity index is 1.87. The van der Waals surface area contributed by atoms with E-state index < -0.39 is 5.69 Å². The van der Waals surface area contributed by atoms with Gasteiger partial charge in [0, 0.05) is 6.07 Å². The van der Waals surface area contributed by atoms with Gasteiger partial charge in [0.25, 0.3) is 0 Å². The molecule has 0 aliphatic carbocycles. The van der Waals surface area contributed by atoms with Crippen molar-refractivity contribution >= 4 is 0 Å². The Morgan fingerprint density at radius 2 is 2.11 bits per heavy atom. The Morgan fingerprint density at radius 1 is 1.33 bits per heavy atom. The first-order valence-electron chi connectivity index (χ1n) is 8.65. The molecule has 7 heteroatoms. The van der Waals surface area contributed by atoms with Gasteiger partial charge in [0.1, 0.15) is 5.75 Å². The van der Waals surface area contributed by atoms with Crippen LogP contribution in [0.3, 0.4) is 0 Å². The molecule has 0 saturated carbocycles. The maximum atomic E-state index is 12.0. The molecular weight excluding hydrogens is 344 g/mol. The monoisotopic (exact) mass is 364 g/mol. The lowest BCUT2D eigenvalue weighted by atomic mass is 9.98. The van der Waals surface area contributed by atoms with Crippen molar-refractivity contribution in [1.29, 1.82) is 5.26 Å². The molecule has 0 amide bonds. The van der Waals surface area contributed by atoms with Crippen molar-refractivity contribution in [1.82, 2.24) is 14.5 Å². The van der Waals surface area contributed by atoms with Gasteiger partial charge < -0.3 is 14.8 Å². The average molecular weight is 364 g/mol. The number of nitrogens with one attached hydrogen (secondary N) is 1. The molecule has 2 N–H and O–H groups in total. The smallest absolute Gasteiger partial charge is 0.333 e. The topological polar surface area (TPSA) is 104 Å². The predicted molar refractivity (Wildman–Crippen MR) is 101 cm³/mol. The van der Waals surface area contributed by atoms with E-state index in [1.807, 2.05) is 26.8 Å². The fourth-order valence-corrected chi connectivity index (χ4v) is 2.83. The summed E-state index contributed by atoms with van der Waals surface area (Å²) >= 11 is 0. The first-order chi connectivity index (χ1) is 12.9. The van der Waals surface area contributed by atoms with Crippen LogP contribution in [0.15, 0.2) is 41.3 Å². The normalized spacial score (nSPS) is 10.8. The molecule has 0 aliphatic rings. The predicted octanol–water partition coefficient (Wildman–Crippen LogP) is 3.62. The second-order valence-electron chi connectivity index (χ2n) is 6.39. The zero-order valence-electron chi connectivity index (χ0n) is 15.4. The quantitative estimate of drug-likeness (QED) is 0.719. The molecule has 0 saturated heterocycles. The van der Waals surface area contributed by atoms with Crippen LogP contribution >= 0.6 is 0 Å². The lowest BCUT2D eigenvalue weighted by molar-refractivity contribution is 0.434. The summed E-state index contributed by atoms with van der Waals surface area (Å²) in [5, 5.41) is 19.3. The molecule has 7 nitrogen and oxygen atoms in total. The van der Waals surface area contributed by atoms with E-state index in [-0.39, 0.29) is 11.8 Å². The Hall–Kier alpha value is -3.53. The van der Waals surface area contributed by atoms with Crippen LogP contribution in [0.25, 0.3) is 5.69 Å². The molecule has 0 aliphatic heterocycles. The first kappa shape index (κ1) is 18.3. The highest BCUT2D eigenvalue weighted by Gasteiger charge is 2.14. The molecule has 3 rings (SSSR count). The zero-order chi connectivity index (χ0) is 19.6. The number of rotatable bonds is 5. The van der Waals surface area contributed by atoms with E-state index in [4.69, 9.17) is 4.74 Å². The Labute approximate surface area is 156 Å². The number of pyridine rings is 1. The van der Waals surface area contributed by atoms with Crippen molar-refractivity contribution in [3.63, 3.8) is 0 Å². The van der Waals surface area contributed by atoms with E-state index in [0.29, 0.717) is 35.0 Å². The van der Waals surface area contributed by atoms with Crippen molar-refractivity contribution in [3.8, 4) is 29.3 Å². The number of hydrogen-bond donors (Lipinski definition) is 2. The summed E-state index contributed by atoms with van der Waals surface area (Å²) in [4.78, 5) is 18.8. The molecule has 0 spiro atoms.